The van der Waals surface area contributed by atoms with E-state index >= 15 is 0 Å². The number of amides is 1. The minimum absolute atomic E-state index is 0.00512. The summed E-state index contributed by atoms with van der Waals surface area (Å²) >= 11 is 0. The van der Waals surface area contributed by atoms with Crippen LogP contribution in [-0.2, 0) is 19.1 Å². The number of unbranched alkanes of at least 4 members (excludes halogenated alkanes) is 1. The average molecular weight is 601 g/mol. The first-order valence-corrected chi connectivity index (χ1v) is 15.4. The van der Waals surface area contributed by atoms with Gasteiger partial charge in [-0.05, 0) is 74.6 Å². The Hall–Kier alpha value is -4.17. The van der Waals surface area contributed by atoms with Crippen molar-refractivity contribution in [1.82, 2.24) is 5.32 Å². The van der Waals surface area contributed by atoms with Gasteiger partial charge in [0.05, 0.1) is 6.61 Å². The molecule has 0 aliphatic carbocycles. The minimum atomic E-state index is -1.40. The van der Waals surface area contributed by atoms with E-state index in [1.807, 2.05) is 99.6 Å². The molecule has 2 N–H and O–H groups in total. The van der Waals surface area contributed by atoms with Crippen molar-refractivity contribution in [2.75, 3.05) is 19.8 Å². The summed E-state index contributed by atoms with van der Waals surface area (Å²) in [4.78, 5) is 32.0. The summed E-state index contributed by atoms with van der Waals surface area (Å²) in [5.41, 5.74) is 1.54. The molecule has 2 atom stereocenters. The van der Waals surface area contributed by atoms with E-state index in [1.165, 1.54) is 0 Å². The predicted octanol–water partition coefficient (Wildman–Crippen LogP) is 6.41. The van der Waals surface area contributed by atoms with Crippen LogP contribution >= 0.6 is 0 Å². The molecule has 234 valence electrons. The SMILES string of the molecule is CCCCNC(=O)[C@]1(CCC(=O)OC(C)(C)C)N=C(c2ccc(OCCCO)cc2)O[C@@H]1c1ccc(-c2ccccc2)cc1. The number of benzene rings is 3. The van der Waals surface area contributed by atoms with Gasteiger partial charge in [0.15, 0.2) is 11.6 Å². The highest BCUT2D eigenvalue weighted by Gasteiger charge is 2.53. The first kappa shape index (κ1) is 32.7. The van der Waals surface area contributed by atoms with Crippen molar-refractivity contribution < 1.29 is 28.9 Å². The van der Waals surface area contributed by atoms with E-state index in [1.54, 1.807) is 0 Å². The Morgan fingerprint density at radius 2 is 1.59 bits per heavy atom. The summed E-state index contributed by atoms with van der Waals surface area (Å²) in [6, 6.07) is 25.3. The Kier molecular flexibility index (Phi) is 11.2. The van der Waals surface area contributed by atoms with Crippen LogP contribution in [0.25, 0.3) is 11.1 Å². The van der Waals surface area contributed by atoms with Crippen LogP contribution in [0.2, 0.25) is 0 Å². The number of hydrogen-bond acceptors (Lipinski definition) is 7. The lowest BCUT2D eigenvalue weighted by Crippen LogP contribution is -2.49. The van der Waals surface area contributed by atoms with Crippen LogP contribution in [0.4, 0.5) is 0 Å². The number of aliphatic imine (C=N–C) groups is 1. The summed E-state index contributed by atoms with van der Waals surface area (Å²) < 4.78 is 17.8. The van der Waals surface area contributed by atoms with Crippen LogP contribution in [0.5, 0.6) is 5.75 Å². The molecule has 4 rings (SSSR count). The number of carbonyl (C=O) groups is 2. The molecule has 3 aromatic rings. The van der Waals surface area contributed by atoms with E-state index in [0.29, 0.717) is 36.8 Å². The van der Waals surface area contributed by atoms with Gasteiger partial charge in [-0.3, -0.25) is 9.59 Å². The van der Waals surface area contributed by atoms with Gasteiger partial charge in [-0.2, -0.15) is 0 Å². The highest BCUT2D eigenvalue weighted by atomic mass is 16.6. The molecule has 3 aromatic carbocycles. The molecular formula is C36H44N2O6. The Bertz CT molecular complexity index is 1400. The van der Waals surface area contributed by atoms with Crippen molar-refractivity contribution in [1.29, 1.82) is 0 Å². The summed E-state index contributed by atoms with van der Waals surface area (Å²) in [5.74, 6) is 0.288. The first-order chi connectivity index (χ1) is 21.1. The molecule has 0 aromatic heterocycles. The van der Waals surface area contributed by atoms with Gasteiger partial charge in [-0.15, -0.1) is 0 Å². The van der Waals surface area contributed by atoms with Gasteiger partial charge in [0.1, 0.15) is 11.4 Å². The summed E-state index contributed by atoms with van der Waals surface area (Å²) in [6.45, 7) is 8.48. The second-order valence-electron chi connectivity index (χ2n) is 12.0. The van der Waals surface area contributed by atoms with Crippen molar-refractivity contribution in [3.05, 3.63) is 90.0 Å². The van der Waals surface area contributed by atoms with Crippen molar-refractivity contribution in [3.63, 3.8) is 0 Å². The molecule has 0 saturated carbocycles. The zero-order valence-corrected chi connectivity index (χ0v) is 26.2. The van der Waals surface area contributed by atoms with E-state index in [0.717, 1.165) is 29.5 Å². The lowest BCUT2D eigenvalue weighted by Gasteiger charge is -2.31. The van der Waals surface area contributed by atoms with E-state index < -0.39 is 23.2 Å². The molecule has 44 heavy (non-hydrogen) atoms. The Balaban J connectivity index is 1.72. The standard InChI is InChI=1S/C36H44N2O6/c1-5-6-23-37-34(41)36(22-21-31(40)44-35(2,3)4)32(28-15-13-27(14-16-28)26-11-8-7-9-12-26)43-33(38-36)29-17-19-30(20-18-29)42-25-10-24-39/h7-9,11-20,32,39H,5-6,10,21-25H2,1-4H3,(H,37,41)/t32-,36-/m1/s1. The summed E-state index contributed by atoms with van der Waals surface area (Å²) in [7, 11) is 0. The average Bonchev–Trinajstić information content (AvgIpc) is 3.41. The Morgan fingerprint density at radius 1 is 0.932 bits per heavy atom. The molecule has 1 aliphatic rings. The molecule has 8 nitrogen and oxygen atoms in total. The van der Waals surface area contributed by atoms with Gasteiger partial charge < -0.3 is 24.6 Å². The van der Waals surface area contributed by atoms with Crippen LogP contribution in [0, 0.1) is 0 Å². The first-order valence-electron chi connectivity index (χ1n) is 15.4. The smallest absolute Gasteiger partial charge is 0.306 e. The number of carbonyl (C=O) groups excluding carboxylic acids is 2. The molecular weight excluding hydrogens is 556 g/mol. The Labute approximate surface area is 260 Å². The molecule has 1 heterocycles. The van der Waals surface area contributed by atoms with Gasteiger partial charge in [0.25, 0.3) is 5.91 Å². The maximum absolute atomic E-state index is 14.1. The van der Waals surface area contributed by atoms with Gasteiger partial charge in [0.2, 0.25) is 5.90 Å². The number of nitrogens with one attached hydrogen (secondary N) is 1. The summed E-state index contributed by atoms with van der Waals surface area (Å²) in [5, 5.41) is 12.1. The molecule has 1 aliphatic heterocycles. The zero-order chi connectivity index (χ0) is 31.6. The zero-order valence-electron chi connectivity index (χ0n) is 26.2. The third kappa shape index (κ3) is 8.47. The molecule has 0 unspecified atom stereocenters. The second kappa shape index (κ2) is 15.0. The van der Waals surface area contributed by atoms with Crippen molar-refractivity contribution in [3.8, 4) is 16.9 Å². The number of hydrogen-bond donors (Lipinski definition) is 2. The van der Waals surface area contributed by atoms with Crippen molar-refractivity contribution >= 4 is 17.8 Å². The maximum Gasteiger partial charge on any atom is 0.306 e. The normalized spacial score (nSPS) is 17.8. The molecule has 0 spiro atoms. The van der Waals surface area contributed by atoms with Crippen LogP contribution in [0.1, 0.15) is 77.0 Å². The number of esters is 1. The predicted molar refractivity (Wildman–Crippen MR) is 172 cm³/mol. The number of nitrogens with zero attached hydrogens (tertiary/aromatic N) is 1. The summed E-state index contributed by atoms with van der Waals surface area (Å²) in [6.07, 6.45) is 1.61. The van der Waals surface area contributed by atoms with Gasteiger partial charge in [-0.25, -0.2) is 4.99 Å². The van der Waals surface area contributed by atoms with Gasteiger partial charge in [0, 0.05) is 31.6 Å². The highest BCUT2D eigenvalue weighted by Crippen LogP contribution is 2.44. The monoisotopic (exact) mass is 600 g/mol. The lowest BCUT2D eigenvalue weighted by atomic mass is 9.83. The molecule has 0 fully saturated rings. The molecule has 0 saturated heterocycles. The van der Waals surface area contributed by atoms with Crippen LogP contribution in [-0.4, -0.2) is 53.8 Å². The van der Waals surface area contributed by atoms with Crippen LogP contribution < -0.4 is 10.1 Å². The van der Waals surface area contributed by atoms with E-state index in [9.17, 15) is 9.59 Å². The number of ether oxygens (including phenoxy) is 3. The van der Waals surface area contributed by atoms with Gasteiger partial charge in [-0.1, -0.05) is 67.9 Å². The second-order valence-corrected chi connectivity index (χ2v) is 12.0. The number of aliphatic hydroxyl groups is 1. The number of rotatable bonds is 14. The fourth-order valence-corrected chi connectivity index (χ4v) is 5.07. The largest absolute Gasteiger partial charge is 0.494 e. The van der Waals surface area contributed by atoms with E-state index in [4.69, 9.17) is 24.3 Å². The van der Waals surface area contributed by atoms with Crippen LogP contribution in [0.3, 0.4) is 0 Å². The number of aliphatic hydroxyl groups excluding tert-OH is 1. The fraction of sp³-hybridized carbons (Fsp3) is 0.417. The van der Waals surface area contributed by atoms with Crippen LogP contribution in [0.15, 0.2) is 83.9 Å². The molecule has 8 heteroatoms. The van der Waals surface area contributed by atoms with E-state index in [-0.39, 0.29) is 25.4 Å². The van der Waals surface area contributed by atoms with E-state index in [2.05, 4.69) is 12.2 Å². The molecule has 0 radical (unpaired) electrons. The van der Waals surface area contributed by atoms with Crippen molar-refractivity contribution in [2.24, 2.45) is 4.99 Å². The topological polar surface area (TPSA) is 106 Å². The third-order valence-electron chi connectivity index (χ3n) is 7.30. The van der Waals surface area contributed by atoms with Gasteiger partial charge >= 0.3 is 5.97 Å². The highest BCUT2D eigenvalue weighted by molar-refractivity contribution is 6.01. The lowest BCUT2D eigenvalue weighted by molar-refractivity contribution is -0.155. The third-order valence-corrected chi connectivity index (χ3v) is 7.30. The van der Waals surface area contributed by atoms with Crippen molar-refractivity contribution in [2.45, 2.75) is 77.0 Å². The maximum atomic E-state index is 14.1. The Morgan fingerprint density at radius 3 is 2.23 bits per heavy atom. The fourth-order valence-electron chi connectivity index (χ4n) is 5.07. The minimum Gasteiger partial charge on any atom is -0.494 e. The molecule has 1 amide bonds. The molecule has 0 bridgehead atoms. The quantitative estimate of drug-likeness (QED) is 0.164.